The van der Waals surface area contributed by atoms with Crippen molar-refractivity contribution >= 4 is 5.97 Å². The number of hydrogen-bond acceptors (Lipinski definition) is 2. The van der Waals surface area contributed by atoms with E-state index in [0.717, 1.165) is 4.90 Å². The number of alkyl halides is 3. The Kier molecular flexibility index (Phi) is 4.90. The summed E-state index contributed by atoms with van der Waals surface area (Å²) in [5, 5.41) is 8.66. The summed E-state index contributed by atoms with van der Waals surface area (Å²) in [6.45, 7) is 1.97. The highest BCUT2D eigenvalue weighted by Gasteiger charge is 2.34. The van der Waals surface area contributed by atoms with Crippen LogP contribution in [0.15, 0.2) is 0 Å². The molecule has 3 nitrogen and oxygen atoms in total. The maximum absolute atomic E-state index is 12.0. The fourth-order valence-corrected chi connectivity index (χ4v) is 1.26. The topological polar surface area (TPSA) is 40.5 Å². The molecule has 0 aromatic rings. The molecule has 1 unspecified atom stereocenters. The Labute approximate surface area is 80.5 Å². The number of nitrogens with zero attached hydrogens (tertiary/aromatic N) is 1. The van der Waals surface area contributed by atoms with Crippen molar-refractivity contribution in [3.63, 3.8) is 0 Å². The van der Waals surface area contributed by atoms with Crippen molar-refractivity contribution in [2.24, 2.45) is 0 Å². The largest absolute Gasteiger partial charge is 0.480 e. The van der Waals surface area contributed by atoms with E-state index in [1.807, 2.05) is 0 Å². The average molecular weight is 213 g/mol. The molecule has 0 rings (SSSR count). The van der Waals surface area contributed by atoms with Gasteiger partial charge < -0.3 is 5.11 Å². The van der Waals surface area contributed by atoms with Crippen LogP contribution in [0.25, 0.3) is 0 Å². The Hall–Kier alpha value is -0.780. The van der Waals surface area contributed by atoms with E-state index < -0.39 is 24.7 Å². The van der Waals surface area contributed by atoms with Crippen molar-refractivity contribution in [1.29, 1.82) is 0 Å². The van der Waals surface area contributed by atoms with Gasteiger partial charge in [-0.05, 0) is 13.0 Å². The Balaban J connectivity index is 4.45. The molecule has 0 aromatic heterocycles. The molecule has 0 aliphatic rings. The lowest BCUT2D eigenvalue weighted by Gasteiger charge is -2.27. The van der Waals surface area contributed by atoms with E-state index in [9.17, 15) is 18.0 Å². The summed E-state index contributed by atoms with van der Waals surface area (Å²) in [4.78, 5) is 11.5. The summed E-state index contributed by atoms with van der Waals surface area (Å²) < 4.78 is 36.1. The summed E-state index contributed by atoms with van der Waals surface area (Å²) in [7, 11) is 0. The van der Waals surface area contributed by atoms with Gasteiger partial charge in [0.1, 0.15) is 6.04 Å². The van der Waals surface area contributed by atoms with Gasteiger partial charge in [0.15, 0.2) is 0 Å². The molecule has 0 radical (unpaired) electrons. The Bertz CT molecular complexity index is 194. The van der Waals surface area contributed by atoms with E-state index in [-0.39, 0.29) is 13.0 Å². The number of halogens is 3. The lowest BCUT2D eigenvalue weighted by atomic mass is 10.2. The third kappa shape index (κ3) is 4.45. The number of carbonyl (C=O) groups is 1. The first kappa shape index (κ1) is 13.2. The molecule has 84 valence electrons. The number of aliphatic carboxylic acids is 1. The highest BCUT2D eigenvalue weighted by atomic mass is 19.4. The summed E-state index contributed by atoms with van der Waals surface area (Å²) in [5.41, 5.74) is 0. The molecule has 0 spiro atoms. The van der Waals surface area contributed by atoms with Crippen LogP contribution < -0.4 is 0 Å². The molecule has 0 amide bonds. The van der Waals surface area contributed by atoms with E-state index in [2.05, 4.69) is 0 Å². The number of carboxylic acids is 1. The number of hydrogen-bond donors (Lipinski definition) is 1. The molecule has 0 fully saturated rings. The smallest absolute Gasteiger partial charge is 0.401 e. The van der Waals surface area contributed by atoms with E-state index >= 15 is 0 Å². The SMILES string of the molecule is CCC(C(=O)O)N(CC)CC(F)(F)F. The molecular weight excluding hydrogens is 199 g/mol. The maximum atomic E-state index is 12.0. The van der Waals surface area contributed by atoms with Crippen LogP contribution in [0.5, 0.6) is 0 Å². The molecule has 14 heavy (non-hydrogen) atoms. The van der Waals surface area contributed by atoms with E-state index in [1.165, 1.54) is 6.92 Å². The number of likely N-dealkylation sites (N-methyl/N-ethyl adjacent to an activating group) is 1. The van der Waals surface area contributed by atoms with Crippen LogP contribution in [0.2, 0.25) is 0 Å². The standard InChI is InChI=1S/C8H14F3NO2/c1-3-6(7(13)14)12(4-2)5-8(9,10)11/h6H,3-5H2,1-2H3,(H,13,14). The fourth-order valence-electron chi connectivity index (χ4n) is 1.26. The molecule has 1 atom stereocenters. The Morgan fingerprint density at radius 1 is 1.43 bits per heavy atom. The van der Waals surface area contributed by atoms with Gasteiger partial charge in [0.2, 0.25) is 0 Å². The van der Waals surface area contributed by atoms with Crippen LogP contribution in [0, 0.1) is 0 Å². The monoisotopic (exact) mass is 213 g/mol. The van der Waals surface area contributed by atoms with Crippen LogP contribution in [-0.4, -0.2) is 41.3 Å². The quantitative estimate of drug-likeness (QED) is 0.756. The highest BCUT2D eigenvalue weighted by molar-refractivity contribution is 5.73. The molecule has 0 aromatic carbocycles. The fraction of sp³-hybridized carbons (Fsp3) is 0.875. The van der Waals surface area contributed by atoms with Gasteiger partial charge in [-0.3, -0.25) is 9.69 Å². The molecule has 0 aliphatic carbocycles. The molecule has 6 heteroatoms. The molecule has 0 saturated carbocycles. The van der Waals surface area contributed by atoms with Crippen molar-refractivity contribution in [3.05, 3.63) is 0 Å². The summed E-state index contributed by atoms with van der Waals surface area (Å²) >= 11 is 0. The minimum atomic E-state index is -4.35. The highest BCUT2D eigenvalue weighted by Crippen LogP contribution is 2.18. The van der Waals surface area contributed by atoms with Crippen LogP contribution in [0.1, 0.15) is 20.3 Å². The van der Waals surface area contributed by atoms with Gasteiger partial charge in [0.05, 0.1) is 6.54 Å². The van der Waals surface area contributed by atoms with Crippen LogP contribution in [-0.2, 0) is 4.79 Å². The van der Waals surface area contributed by atoms with Gasteiger partial charge in [-0.2, -0.15) is 13.2 Å². The lowest BCUT2D eigenvalue weighted by molar-refractivity contribution is -0.161. The second-order valence-electron chi connectivity index (χ2n) is 2.94. The van der Waals surface area contributed by atoms with Gasteiger partial charge in [-0.15, -0.1) is 0 Å². The normalized spacial score (nSPS) is 14.4. The van der Waals surface area contributed by atoms with Crippen LogP contribution in [0.4, 0.5) is 13.2 Å². The van der Waals surface area contributed by atoms with Gasteiger partial charge in [0, 0.05) is 0 Å². The first-order chi connectivity index (χ1) is 6.31. The molecule has 1 N–H and O–H groups in total. The van der Waals surface area contributed by atoms with Crippen molar-refractivity contribution in [1.82, 2.24) is 4.90 Å². The van der Waals surface area contributed by atoms with Gasteiger partial charge in [-0.1, -0.05) is 13.8 Å². The Morgan fingerprint density at radius 3 is 2.14 bits per heavy atom. The molecule has 0 aliphatic heterocycles. The molecule has 0 heterocycles. The summed E-state index contributed by atoms with van der Waals surface area (Å²) in [6.07, 6.45) is -4.18. The van der Waals surface area contributed by atoms with E-state index in [1.54, 1.807) is 6.92 Å². The number of carboxylic acid groups (broad SMARTS) is 1. The second-order valence-corrected chi connectivity index (χ2v) is 2.94. The van der Waals surface area contributed by atoms with Gasteiger partial charge in [0.25, 0.3) is 0 Å². The molecule has 0 bridgehead atoms. The van der Waals surface area contributed by atoms with E-state index in [4.69, 9.17) is 5.11 Å². The molecule has 0 saturated heterocycles. The molecular formula is C8H14F3NO2. The Morgan fingerprint density at radius 2 is 1.93 bits per heavy atom. The maximum Gasteiger partial charge on any atom is 0.401 e. The third-order valence-electron chi connectivity index (χ3n) is 1.90. The first-order valence-corrected chi connectivity index (χ1v) is 4.35. The zero-order valence-corrected chi connectivity index (χ0v) is 8.14. The zero-order chi connectivity index (χ0) is 11.4. The summed E-state index contributed by atoms with van der Waals surface area (Å²) in [6, 6.07) is -1.05. The summed E-state index contributed by atoms with van der Waals surface area (Å²) in [5.74, 6) is -1.21. The average Bonchev–Trinajstić information content (AvgIpc) is 2.00. The van der Waals surface area contributed by atoms with Crippen LogP contribution >= 0.6 is 0 Å². The van der Waals surface area contributed by atoms with Crippen molar-refractivity contribution in [2.75, 3.05) is 13.1 Å². The minimum absolute atomic E-state index is 0.0737. The second kappa shape index (κ2) is 5.19. The van der Waals surface area contributed by atoms with Crippen LogP contribution in [0.3, 0.4) is 0 Å². The predicted molar refractivity (Wildman–Crippen MR) is 45.0 cm³/mol. The van der Waals surface area contributed by atoms with Crippen molar-refractivity contribution < 1.29 is 23.1 Å². The first-order valence-electron chi connectivity index (χ1n) is 4.35. The van der Waals surface area contributed by atoms with Crippen molar-refractivity contribution in [3.8, 4) is 0 Å². The zero-order valence-electron chi connectivity index (χ0n) is 8.14. The van der Waals surface area contributed by atoms with Crippen molar-refractivity contribution in [2.45, 2.75) is 32.5 Å². The van der Waals surface area contributed by atoms with Gasteiger partial charge >= 0.3 is 12.1 Å². The van der Waals surface area contributed by atoms with Gasteiger partial charge in [-0.25, -0.2) is 0 Å². The van der Waals surface area contributed by atoms with E-state index in [0.29, 0.717) is 0 Å². The lowest BCUT2D eigenvalue weighted by Crippen LogP contribution is -2.45. The number of rotatable bonds is 5. The third-order valence-corrected chi connectivity index (χ3v) is 1.90. The minimum Gasteiger partial charge on any atom is -0.480 e. The predicted octanol–water partition coefficient (Wildman–Crippen LogP) is 1.73.